The minimum atomic E-state index is -0.651. The van der Waals surface area contributed by atoms with Crippen LogP contribution in [0.5, 0.6) is 5.75 Å². The third-order valence-electron chi connectivity index (χ3n) is 6.94. The van der Waals surface area contributed by atoms with Crippen LogP contribution in [0.4, 0.5) is 14.9 Å². The Morgan fingerprint density at radius 2 is 2.00 bits per heavy atom. The number of carbonyl (C=O) groups is 2. The first-order valence-electron chi connectivity index (χ1n) is 11.3. The maximum Gasteiger partial charge on any atom is 0.322 e. The number of halogens is 1. The van der Waals surface area contributed by atoms with Crippen molar-refractivity contribution in [3.63, 3.8) is 0 Å². The molecule has 178 valence electrons. The lowest BCUT2D eigenvalue weighted by Gasteiger charge is -2.56. The van der Waals surface area contributed by atoms with Crippen molar-refractivity contribution in [2.45, 2.75) is 24.8 Å². The van der Waals surface area contributed by atoms with Crippen LogP contribution in [0.15, 0.2) is 42.5 Å². The minimum absolute atomic E-state index is 0.0559. The van der Waals surface area contributed by atoms with Crippen molar-refractivity contribution in [2.75, 3.05) is 38.7 Å². The van der Waals surface area contributed by atoms with Gasteiger partial charge in [0.05, 0.1) is 30.9 Å². The minimum Gasteiger partial charge on any atom is -0.497 e. The van der Waals surface area contributed by atoms with Gasteiger partial charge in [-0.15, -0.1) is 0 Å². The number of para-hydroxylation sites is 1. The van der Waals surface area contributed by atoms with E-state index in [9.17, 15) is 19.1 Å². The average molecular weight is 467 g/mol. The number of aromatic nitrogens is 1. The quantitative estimate of drug-likeness (QED) is 0.549. The van der Waals surface area contributed by atoms with Gasteiger partial charge in [-0.1, -0.05) is 19.1 Å². The number of nitrogens with zero attached hydrogens (tertiary/aromatic N) is 2. The maximum atomic E-state index is 14.2. The van der Waals surface area contributed by atoms with Gasteiger partial charge in [-0.3, -0.25) is 4.79 Å². The summed E-state index contributed by atoms with van der Waals surface area (Å²) in [4.78, 5) is 32.4. The fourth-order valence-electron chi connectivity index (χ4n) is 5.31. The molecular weight excluding hydrogens is 439 g/mol. The molecule has 1 atom stereocenters. The predicted molar refractivity (Wildman–Crippen MR) is 125 cm³/mol. The average Bonchev–Trinajstić information content (AvgIpc) is 3.21. The Kier molecular flexibility index (Phi) is 5.44. The number of likely N-dealkylation sites (tertiary alicyclic amines) is 1. The highest BCUT2D eigenvalue weighted by atomic mass is 19.1. The summed E-state index contributed by atoms with van der Waals surface area (Å²) >= 11 is 0. The van der Waals surface area contributed by atoms with Gasteiger partial charge in [0.15, 0.2) is 0 Å². The van der Waals surface area contributed by atoms with E-state index in [1.54, 1.807) is 24.1 Å². The van der Waals surface area contributed by atoms with E-state index in [0.29, 0.717) is 25.3 Å². The van der Waals surface area contributed by atoms with Crippen LogP contribution in [0.2, 0.25) is 0 Å². The number of aliphatic hydroxyl groups excluding tert-OH is 1. The zero-order valence-corrected chi connectivity index (χ0v) is 19.1. The number of hydrogen-bond acceptors (Lipinski definition) is 4. The van der Waals surface area contributed by atoms with Gasteiger partial charge >= 0.3 is 6.03 Å². The summed E-state index contributed by atoms with van der Waals surface area (Å²) in [5.74, 6) is 0.205. The monoisotopic (exact) mass is 466 g/mol. The largest absolute Gasteiger partial charge is 0.497 e. The summed E-state index contributed by atoms with van der Waals surface area (Å²) in [6.07, 6.45) is 0.408. The Morgan fingerprint density at radius 3 is 2.68 bits per heavy atom. The van der Waals surface area contributed by atoms with E-state index in [1.165, 1.54) is 17.0 Å². The van der Waals surface area contributed by atoms with Crippen LogP contribution in [0.3, 0.4) is 0 Å². The first-order chi connectivity index (χ1) is 16.4. The Bertz CT molecular complexity index is 1270. The van der Waals surface area contributed by atoms with E-state index in [0.717, 1.165) is 22.2 Å². The Hall–Kier alpha value is -3.59. The second-order valence-corrected chi connectivity index (χ2v) is 8.95. The van der Waals surface area contributed by atoms with Crippen molar-refractivity contribution in [1.29, 1.82) is 0 Å². The number of ether oxygens (including phenoxy) is 1. The Balaban J connectivity index is 1.58. The summed E-state index contributed by atoms with van der Waals surface area (Å²) in [6, 6.07) is 10.5. The van der Waals surface area contributed by atoms with Crippen molar-refractivity contribution in [3.8, 4) is 5.75 Å². The molecule has 1 fully saturated rings. The molecule has 0 radical (unpaired) electrons. The SMILES string of the molecule is CCC(=O)N1CC2(C1)CN(C(=O)Nc1ccccc1F)[C@@H](CO)c1[nH]c3cc(OC)ccc3c12. The highest BCUT2D eigenvalue weighted by Crippen LogP contribution is 2.48. The molecule has 0 bridgehead atoms. The summed E-state index contributed by atoms with van der Waals surface area (Å²) in [6.45, 7) is 2.74. The van der Waals surface area contributed by atoms with Crippen LogP contribution in [0, 0.1) is 5.82 Å². The smallest absolute Gasteiger partial charge is 0.322 e. The van der Waals surface area contributed by atoms with Gasteiger partial charge in [-0.25, -0.2) is 9.18 Å². The highest BCUT2D eigenvalue weighted by Gasteiger charge is 2.54. The number of benzene rings is 2. The number of hydrogen-bond donors (Lipinski definition) is 3. The molecule has 8 nitrogen and oxygen atoms in total. The molecule has 1 spiro atoms. The number of H-pyrrole nitrogens is 1. The maximum absolute atomic E-state index is 14.2. The highest BCUT2D eigenvalue weighted by molar-refractivity contribution is 5.93. The van der Waals surface area contributed by atoms with Gasteiger partial charge in [-0.05, 0) is 29.8 Å². The summed E-state index contributed by atoms with van der Waals surface area (Å²) in [5, 5.41) is 14.0. The number of amides is 3. The second-order valence-electron chi connectivity index (χ2n) is 8.95. The van der Waals surface area contributed by atoms with Gasteiger partial charge in [0, 0.05) is 48.7 Å². The molecule has 0 aliphatic carbocycles. The van der Waals surface area contributed by atoms with Crippen molar-refractivity contribution < 1.29 is 23.8 Å². The molecule has 1 aromatic heterocycles. The molecule has 2 aliphatic rings. The number of urea groups is 1. The molecule has 2 aliphatic heterocycles. The number of methoxy groups -OCH3 is 1. The van der Waals surface area contributed by atoms with Crippen molar-refractivity contribution in [3.05, 3.63) is 59.5 Å². The molecule has 3 aromatic rings. The van der Waals surface area contributed by atoms with E-state index < -0.39 is 23.3 Å². The molecule has 3 N–H and O–H groups in total. The first kappa shape index (κ1) is 22.2. The summed E-state index contributed by atoms with van der Waals surface area (Å²) < 4.78 is 19.6. The molecule has 0 saturated carbocycles. The van der Waals surface area contributed by atoms with Crippen LogP contribution < -0.4 is 10.1 Å². The number of fused-ring (bicyclic) bond motifs is 4. The second kappa shape index (κ2) is 8.32. The van der Waals surface area contributed by atoms with Gasteiger partial charge in [0.2, 0.25) is 5.91 Å². The zero-order valence-electron chi connectivity index (χ0n) is 19.1. The van der Waals surface area contributed by atoms with Crippen molar-refractivity contribution in [2.24, 2.45) is 0 Å². The van der Waals surface area contributed by atoms with Gasteiger partial charge < -0.3 is 29.9 Å². The fourth-order valence-corrected chi connectivity index (χ4v) is 5.31. The lowest BCUT2D eigenvalue weighted by molar-refractivity contribution is -0.139. The van der Waals surface area contributed by atoms with E-state index in [4.69, 9.17) is 4.74 Å². The lowest BCUT2D eigenvalue weighted by atomic mass is 9.68. The molecule has 0 unspecified atom stereocenters. The van der Waals surface area contributed by atoms with E-state index in [1.807, 2.05) is 25.1 Å². The number of aromatic amines is 1. The number of anilines is 1. The van der Waals surface area contributed by atoms with Crippen LogP contribution in [-0.2, 0) is 10.2 Å². The zero-order chi connectivity index (χ0) is 24.0. The van der Waals surface area contributed by atoms with Gasteiger partial charge in [-0.2, -0.15) is 0 Å². The first-order valence-corrected chi connectivity index (χ1v) is 11.3. The van der Waals surface area contributed by atoms with E-state index >= 15 is 0 Å². The molecule has 3 amide bonds. The van der Waals surface area contributed by atoms with Gasteiger partial charge in [0.25, 0.3) is 0 Å². The standard InChI is InChI=1S/C25H27FN4O4/c1-3-21(32)29-12-25(13-29)14-30(24(33)28-18-7-5-4-6-17(18)26)20(11-31)23-22(25)16-9-8-15(34-2)10-19(16)27-23/h4-10,20,27,31H,3,11-14H2,1-2H3,(H,28,33)/t20-/m0/s1. The van der Waals surface area contributed by atoms with Crippen LogP contribution >= 0.6 is 0 Å². The molecule has 1 saturated heterocycles. The fraction of sp³-hybridized carbons (Fsp3) is 0.360. The molecule has 2 aromatic carbocycles. The van der Waals surface area contributed by atoms with Crippen LogP contribution in [-0.4, -0.2) is 65.2 Å². The third kappa shape index (κ3) is 3.38. The molecule has 3 heterocycles. The summed E-state index contributed by atoms with van der Waals surface area (Å²) in [5.41, 5.74) is 2.15. The number of aliphatic hydroxyl groups is 1. The molecular formula is C25H27FN4O4. The topological polar surface area (TPSA) is 97.9 Å². The third-order valence-corrected chi connectivity index (χ3v) is 6.94. The van der Waals surface area contributed by atoms with Crippen LogP contribution in [0.25, 0.3) is 10.9 Å². The Morgan fingerprint density at radius 1 is 1.24 bits per heavy atom. The van der Waals surface area contributed by atoms with Crippen LogP contribution in [0.1, 0.15) is 30.6 Å². The lowest BCUT2D eigenvalue weighted by Crippen LogP contribution is -2.68. The molecule has 9 heteroatoms. The van der Waals surface area contributed by atoms with Crippen molar-refractivity contribution in [1.82, 2.24) is 14.8 Å². The Labute approximate surface area is 196 Å². The number of rotatable bonds is 4. The number of nitrogens with one attached hydrogen (secondary N) is 2. The summed E-state index contributed by atoms with van der Waals surface area (Å²) in [7, 11) is 1.59. The molecule has 34 heavy (non-hydrogen) atoms. The van der Waals surface area contributed by atoms with E-state index in [2.05, 4.69) is 10.3 Å². The van der Waals surface area contributed by atoms with Crippen molar-refractivity contribution >= 4 is 28.5 Å². The number of carbonyl (C=O) groups excluding carboxylic acids is 2. The predicted octanol–water partition coefficient (Wildman–Crippen LogP) is 3.39. The van der Waals surface area contributed by atoms with Gasteiger partial charge in [0.1, 0.15) is 11.6 Å². The normalized spacial score (nSPS) is 18.5. The molecule has 5 rings (SSSR count). The van der Waals surface area contributed by atoms with E-state index in [-0.39, 0.29) is 24.7 Å².